The number of methoxy groups -OCH3 is 1. The van der Waals surface area contributed by atoms with E-state index in [-0.39, 0.29) is 11.9 Å². The summed E-state index contributed by atoms with van der Waals surface area (Å²) in [6.07, 6.45) is 0. The van der Waals surface area contributed by atoms with Crippen molar-refractivity contribution in [3.63, 3.8) is 0 Å². The quantitative estimate of drug-likeness (QED) is 0.769. The van der Waals surface area contributed by atoms with E-state index in [1.54, 1.807) is 14.0 Å². The molecule has 2 aromatic rings. The van der Waals surface area contributed by atoms with Gasteiger partial charge in [0.25, 0.3) is 0 Å². The standard InChI is InChI=1S/C23H27ClN2O2/c1-15-10-20(24)7-4-18(15)11-25-12-19-13-26(16(2)27)23(22(19)14-25)17-5-8-21(28-3)9-6-17/h4-10,19,22-23H,11-14H2,1-3H3/t19-,22-,23+/m1/s1. The molecule has 0 radical (unpaired) electrons. The molecule has 0 N–H and O–H groups in total. The third-order valence-electron chi connectivity index (χ3n) is 6.30. The maximum absolute atomic E-state index is 12.3. The van der Waals surface area contributed by atoms with Crippen molar-refractivity contribution >= 4 is 17.5 Å². The molecule has 0 aromatic heterocycles. The van der Waals surface area contributed by atoms with Gasteiger partial charge in [-0.25, -0.2) is 0 Å². The predicted octanol–water partition coefficient (Wildman–Crippen LogP) is 4.31. The lowest BCUT2D eigenvalue weighted by Crippen LogP contribution is -2.34. The smallest absolute Gasteiger partial charge is 0.219 e. The highest BCUT2D eigenvalue weighted by atomic mass is 35.5. The molecule has 2 heterocycles. The van der Waals surface area contributed by atoms with Crippen molar-refractivity contribution in [2.45, 2.75) is 26.4 Å². The number of nitrogens with zero attached hydrogens (tertiary/aromatic N) is 2. The summed E-state index contributed by atoms with van der Waals surface area (Å²) >= 11 is 6.11. The lowest BCUT2D eigenvalue weighted by Gasteiger charge is -2.29. The first-order chi connectivity index (χ1) is 13.5. The molecule has 3 atom stereocenters. The molecule has 5 heteroatoms. The number of amides is 1. The van der Waals surface area contributed by atoms with Crippen LogP contribution >= 0.6 is 11.6 Å². The van der Waals surface area contributed by atoms with Gasteiger partial charge in [0.15, 0.2) is 0 Å². The number of aryl methyl sites for hydroxylation is 1. The molecule has 2 aliphatic heterocycles. The fourth-order valence-corrected chi connectivity index (χ4v) is 5.12. The minimum Gasteiger partial charge on any atom is -0.497 e. The maximum atomic E-state index is 12.3. The molecule has 0 unspecified atom stereocenters. The van der Waals surface area contributed by atoms with Crippen molar-refractivity contribution in [1.82, 2.24) is 9.80 Å². The predicted molar refractivity (Wildman–Crippen MR) is 112 cm³/mol. The van der Waals surface area contributed by atoms with Crippen LogP contribution in [0.15, 0.2) is 42.5 Å². The molecule has 0 aliphatic carbocycles. The number of halogens is 1. The third kappa shape index (κ3) is 3.63. The van der Waals surface area contributed by atoms with Gasteiger partial charge in [0.1, 0.15) is 5.75 Å². The molecule has 2 fully saturated rings. The molecule has 4 nitrogen and oxygen atoms in total. The molecule has 2 aliphatic rings. The lowest BCUT2D eigenvalue weighted by atomic mass is 9.89. The molecule has 2 saturated heterocycles. The highest BCUT2D eigenvalue weighted by Gasteiger charge is 2.48. The number of carbonyl (C=O) groups excluding carboxylic acids is 1. The van der Waals surface area contributed by atoms with Crippen LogP contribution in [-0.2, 0) is 11.3 Å². The first kappa shape index (κ1) is 19.3. The van der Waals surface area contributed by atoms with Crippen molar-refractivity contribution in [1.29, 1.82) is 0 Å². The summed E-state index contributed by atoms with van der Waals surface area (Å²) in [6, 6.07) is 14.5. The number of hydrogen-bond acceptors (Lipinski definition) is 3. The fraction of sp³-hybridized carbons (Fsp3) is 0.435. The highest BCUT2D eigenvalue weighted by molar-refractivity contribution is 6.30. The Morgan fingerprint density at radius 1 is 1.14 bits per heavy atom. The van der Waals surface area contributed by atoms with Crippen LogP contribution in [0.2, 0.25) is 5.02 Å². The monoisotopic (exact) mass is 398 g/mol. The van der Waals surface area contributed by atoms with Gasteiger partial charge in [0, 0.05) is 44.0 Å². The Hall–Kier alpha value is -2.04. The third-order valence-corrected chi connectivity index (χ3v) is 6.54. The number of hydrogen-bond donors (Lipinski definition) is 0. The van der Waals surface area contributed by atoms with Crippen LogP contribution in [0.3, 0.4) is 0 Å². The van der Waals surface area contributed by atoms with Gasteiger partial charge in [-0.2, -0.15) is 0 Å². The van der Waals surface area contributed by atoms with Crippen molar-refractivity contribution in [2.24, 2.45) is 11.8 Å². The normalized spacial score (nSPS) is 24.4. The number of rotatable bonds is 4. The Morgan fingerprint density at radius 2 is 1.89 bits per heavy atom. The van der Waals surface area contributed by atoms with Gasteiger partial charge < -0.3 is 9.64 Å². The Morgan fingerprint density at radius 3 is 2.54 bits per heavy atom. The Kier molecular flexibility index (Phi) is 5.35. The number of carbonyl (C=O) groups is 1. The minimum atomic E-state index is 0.143. The fourth-order valence-electron chi connectivity index (χ4n) is 4.90. The zero-order valence-electron chi connectivity index (χ0n) is 16.7. The highest BCUT2D eigenvalue weighted by Crippen LogP contribution is 2.45. The molecular weight excluding hydrogens is 372 g/mol. The van der Waals surface area contributed by atoms with E-state index in [2.05, 4.69) is 34.9 Å². The van der Waals surface area contributed by atoms with E-state index in [1.165, 1.54) is 16.7 Å². The molecule has 2 aromatic carbocycles. The van der Waals surface area contributed by atoms with E-state index in [4.69, 9.17) is 16.3 Å². The zero-order chi connectivity index (χ0) is 19.8. The van der Waals surface area contributed by atoms with Gasteiger partial charge in [-0.05, 0) is 53.8 Å². The lowest BCUT2D eigenvalue weighted by molar-refractivity contribution is -0.130. The van der Waals surface area contributed by atoms with Gasteiger partial charge >= 0.3 is 0 Å². The number of likely N-dealkylation sites (tertiary alicyclic amines) is 2. The van der Waals surface area contributed by atoms with Crippen LogP contribution in [0.4, 0.5) is 0 Å². The average molecular weight is 399 g/mol. The zero-order valence-corrected chi connectivity index (χ0v) is 17.4. The minimum absolute atomic E-state index is 0.143. The van der Waals surface area contributed by atoms with Crippen LogP contribution in [0.5, 0.6) is 5.75 Å². The molecule has 0 saturated carbocycles. The first-order valence-electron chi connectivity index (χ1n) is 9.85. The SMILES string of the molecule is COc1ccc([C@H]2[C@@H]3CN(Cc4ccc(Cl)cc4C)C[C@@H]3CN2C(C)=O)cc1. The van der Waals surface area contributed by atoms with Crippen molar-refractivity contribution in [2.75, 3.05) is 26.7 Å². The second kappa shape index (κ2) is 7.76. The second-order valence-corrected chi connectivity index (χ2v) is 8.51. The largest absolute Gasteiger partial charge is 0.497 e. The second-order valence-electron chi connectivity index (χ2n) is 8.08. The molecule has 148 valence electrons. The summed E-state index contributed by atoms with van der Waals surface area (Å²) in [5.41, 5.74) is 3.77. The topological polar surface area (TPSA) is 32.8 Å². The van der Waals surface area contributed by atoms with Crippen LogP contribution in [-0.4, -0.2) is 42.5 Å². The number of ether oxygens (including phenoxy) is 1. The van der Waals surface area contributed by atoms with Gasteiger partial charge in [0.05, 0.1) is 13.2 Å². The van der Waals surface area contributed by atoms with E-state index >= 15 is 0 Å². The van der Waals surface area contributed by atoms with E-state index in [9.17, 15) is 4.79 Å². The number of benzene rings is 2. The maximum Gasteiger partial charge on any atom is 0.219 e. The van der Waals surface area contributed by atoms with Gasteiger partial charge in [-0.15, -0.1) is 0 Å². The molecule has 0 spiro atoms. The summed E-state index contributed by atoms with van der Waals surface area (Å²) in [7, 11) is 1.68. The molecular formula is C23H27ClN2O2. The molecule has 4 rings (SSSR count). The van der Waals surface area contributed by atoms with Crippen molar-refractivity contribution < 1.29 is 9.53 Å². The molecule has 1 amide bonds. The van der Waals surface area contributed by atoms with E-state index < -0.39 is 0 Å². The van der Waals surface area contributed by atoms with Crippen LogP contribution in [0, 0.1) is 18.8 Å². The van der Waals surface area contributed by atoms with Crippen molar-refractivity contribution in [3.05, 3.63) is 64.2 Å². The van der Waals surface area contributed by atoms with E-state index in [0.717, 1.165) is 37.0 Å². The molecule has 0 bridgehead atoms. The van der Waals surface area contributed by atoms with Gasteiger partial charge in [0.2, 0.25) is 5.91 Å². The van der Waals surface area contributed by atoms with Gasteiger partial charge in [-0.1, -0.05) is 29.8 Å². The van der Waals surface area contributed by atoms with Crippen LogP contribution in [0.25, 0.3) is 0 Å². The summed E-state index contributed by atoms with van der Waals surface area (Å²) in [4.78, 5) is 16.9. The Balaban J connectivity index is 1.54. The van der Waals surface area contributed by atoms with E-state index in [1.807, 2.05) is 24.3 Å². The average Bonchev–Trinajstić information content (AvgIpc) is 3.21. The Labute approximate surface area is 172 Å². The summed E-state index contributed by atoms with van der Waals surface area (Å²) < 4.78 is 5.30. The molecule has 28 heavy (non-hydrogen) atoms. The van der Waals surface area contributed by atoms with E-state index in [0.29, 0.717) is 11.8 Å². The van der Waals surface area contributed by atoms with Crippen LogP contribution < -0.4 is 4.74 Å². The summed E-state index contributed by atoms with van der Waals surface area (Å²) in [5, 5.41) is 0.788. The first-order valence-corrected chi connectivity index (χ1v) is 10.2. The Bertz CT molecular complexity index is 867. The summed E-state index contributed by atoms with van der Waals surface area (Å²) in [6.45, 7) is 7.62. The van der Waals surface area contributed by atoms with Crippen LogP contribution in [0.1, 0.15) is 29.7 Å². The summed E-state index contributed by atoms with van der Waals surface area (Å²) in [5.74, 6) is 1.99. The van der Waals surface area contributed by atoms with Gasteiger partial charge in [-0.3, -0.25) is 9.69 Å². The number of fused-ring (bicyclic) bond motifs is 1. The van der Waals surface area contributed by atoms with Crippen molar-refractivity contribution in [3.8, 4) is 5.75 Å².